The van der Waals surface area contributed by atoms with Gasteiger partial charge in [-0.2, -0.15) is 0 Å². The van der Waals surface area contributed by atoms with Crippen molar-refractivity contribution in [2.45, 2.75) is 46.1 Å². The number of benzene rings is 3. The molecule has 2 heterocycles. The number of aryl methyl sites for hydroxylation is 2. The highest BCUT2D eigenvalue weighted by Crippen LogP contribution is 2.45. The number of rotatable bonds is 3. The Labute approximate surface area is 218 Å². The highest BCUT2D eigenvalue weighted by Gasteiger charge is 2.48. The molecule has 0 saturated carbocycles. The summed E-state index contributed by atoms with van der Waals surface area (Å²) in [5.74, 6) is -2.38. The Morgan fingerprint density at radius 1 is 1.00 bits per heavy atom. The third-order valence-electron chi connectivity index (χ3n) is 6.68. The molecule has 0 aliphatic carbocycles. The zero-order valence-electron chi connectivity index (χ0n) is 21.3. The number of anilines is 1. The van der Waals surface area contributed by atoms with Gasteiger partial charge in [0.05, 0.1) is 21.8 Å². The third kappa shape index (κ3) is 4.33. The normalized spacial score (nSPS) is 17.7. The predicted molar refractivity (Wildman–Crippen MR) is 145 cm³/mol. The number of hydrogen-bond acceptors (Lipinski definition) is 5. The largest absolute Gasteiger partial charge is 0.507 e. The molecule has 5 nitrogen and oxygen atoms in total. The topological polar surface area (TPSA) is 70.5 Å². The van der Waals surface area contributed by atoms with Gasteiger partial charge >= 0.3 is 5.91 Å². The average molecular weight is 515 g/mol. The van der Waals surface area contributed by atoms with Gasteiger partial charge in [0.2, 0.25) is 0 Å². The number of carbonyl (C=O) groups excluding carboxylic acids is 2. The lowest BCUT2D eigenvalue weighted by Gasteiger charge is -2.24. The van der Waals surface area contributed by atoms with E-state index in [2.05, 4.69) is 20.8 Å². The van der Waals surface area contributed by atoms with E-state index in [1.54, 1.807) is 0 Å². The van der Waals surface area contributed by atoms with Gasteiger partial charge in [0.25, 0.3) is 5.78 Å². The minimum Gasteiger partial charge on any atom is -0.507 e. The number of ketones is 1. The van der Waals surface area contributed by atoms with Crippen molar-refractivity contribution in [1.82, 2.24) is 4.98 Å². The zero-order valence-corrected chi connectivity index (χ0v) is 22.1. The summed E-state index contributed by atoms with van der Waals surface area (Å²) in [7, 11) is 0. The summed E-state index contributed by atoms with van der Waals surface area (Å²) >= 11 is 1.33. The molecule has 5 rings (SSSR count). The van der Waals surface area contributed by atoms with Gasteiger partial charge in [-0.3, -0.25) is 14.5 Å². The highest BCUT2D eigenvalue weighted by molar-refractivity contribution is 7.22. The number of aliphatic hydroxyl groups is 1. The molecule has 1 fully saturated rings. The van der Waals surface area contributed by atoms with Crippen molar-refractivity contribution in [2.75, 3.05) is 4.90 Å². The van der Waals surface area contributed by atoms with Crippen LogP contribution in [0.1, 0.15) is 54.6 Å². The van der Waals surface area contributed by atoms with Crippen LogP contribution in [-0.4, -0.2) is 21.8 Å². The summed E-state index contributed by atoms with van der Waals surface area (Å²) in [6.45, 7) is 10.3. The minimum atomic E-state index is -0.888. The van der Waals surface area contributed by atoms with E-state index < -0.39 is 23.5 Å². The number of hydrogen-bond donors (Lipinski definition) is 1. The van der Waals surface area contributed by atoms with Crippen LogP contribution in [0.4, 0.5) is 9.52 Å². The maximum Gasteiger partial charge on any atom is 0.301 e. The SMILES string of the molecule is Cc1cc(C)c2nc(N3C(=O)C(=O)/C(=C(/O)c4ccc(F)cc4)C3c3ccc(C(C)(C)C)cc3)sc2c1. The fourth-order valence-electron chi connectivity index (χ4n) is 4.74. The summed E-state index contributed by atoms with van der Waals surface area (Å²) < 4.78 is 14.5. The molecule has 1 saturated heterocycles. The van der Waals surface area contributed by atoms with E-state index >= 15 is 0 Å². The second kappa shape index (κ2) is 8.92. The van der Waals surface area contributed by atoms with Gasteiger partial charge in [0.15, 0.2) is 5.13 Å². The molecule has 7 heteroatoms. The first-order chi connectivity index (χ1) is 17.5. The van der Waals surface area contributed by atoms with Crippen LogP contribution < -0.4 is 4.90 Å². The summed E-state index contributed by atoms with van der Waals surface area (Å²) in [6.07, 6.45) is 0. The molecule has 1 N–H and O–H groups in total. The Morgan fingerprint density at radius 3 is 2.27 bits per heavy atom. The molecular weight excluding hydrogens is 487 g/mol. The van der Waals surface area contributed by atoms with Crippen molar-refractivity contribution in [3.05, 3.63) is 99.9 Å². The quantitative estimate of drug-likeness (QED) is 0.182. The Morgan fingerprint density at radius 2 is 1.65 bits per heavy atom. The van der Waals surface area contributed by atoms with E-state index in [0.29, 0.717) is 10.7 Å². The van der Waals surface area contributed by atoms with Gasteiger partial charge in [-0.05, 0) is 71.8 Å². The average Bonchev–Trinajstić information content (AvgIpc) is 3.37. The highest BCUT2D eigenvalue weighted by atomic mass is 32.1. The minimum absolute atomic E-state index is 0.0488. The van der Waals surface area contributed by atoms with Gasteiger partial charge in [0, 0.05) is 5.56 Å². The van der Waals surface area contributed by atoms with E-state index in [1.807, 2.05) is 50.2 Å². The molecule has 1 atom stereocenters. The van der Waals surface area contributed by atoms with Gasteiger partial charge in [-0.25, -0.2) is 9.37 Å². The van der Waals surface area contributed by atoms with Crippen LogP contribution in [0.2, 0.25) is 0 Å². The van der Waals surface area contributed by atoms with Crippen LogP contribution in [0, 0.1) is 19.7 Å². The van der Waals surface area contributed by atoms with Crippen LogP contribution in [0.3, 0.4) is 0 Å². The summed E-state index contributed by atoms with van der Waals surface area (Å²) in [4.78, 5) is 33.0. The fraction of sp³-hybridized carbons (Fsp3) is 0.233. The lowest BCUT2D eigenvalue weighted by molar-refractivity contribution is -0.132. The molecule has 3 aromatic carbocycles. The molecule has 0 radical (unpaired) electrons. The first-order valence-electron chi connectivity index (χ1n) is 12.0. The van der Waals surface area contributed by atoms with Crippen molar-refractivity contribution in [2.24, 2.45) is 0 Å². The van der Waals surface area contributed by atoms with E-state index in [4.69, 9.17) is 4.98 Å². The van der Waals surface area contributed by atoms with Crippen molar-refractivity contribution < 1.29 is 19.1 Å². The Balaban J connectivity index is 1.73. The van der Waals surface area contributed by atoms with Crippen LogP contribution >= 0.6 is 11.3 Å². The lowest BCUT2D eigenvalue weighted by atomic mass is 9.85. The number of thiazole rings is 1. The fourth-order valence-corrected chi connectivity index (χ4v) is 5.90. The zero-order chi connectivity index (χ0) is 26.6. The molecule has 0 spiro atoms. The molecule has 1 amide bonds. The number of amides is 1. The van der Waals surface area contributed by atoms with Gasteiger partial charge in [-0.1, -0.05) is 62.4 Å². The lowest BCUT2D eigenvalue weighted by Crippen LogP contribution is -2.29. The second-order valence-corrected chi connectivity index (χ2v) is 11.5. The van der Waals surface area contributed by atoms with E-state index in [9.17, 15) is 19.1 Å². The van der Waals surface area contributed by atoms with Crippen LogP contribution in [0.25, 0.3) is 16.0 Å². The molecule has 37 heavy (non-hydrogen) atoms. The first kappa shape index (κ1) is 24.8. The maximum atomic E-state index is 13.6. The third-order valence-corrected chi connectivity index (χ3v) is 7.68. The maximum absolute atomic E-state index is 13.6. The number of fused-ring (bicyclic) bond motifs is 1. The summed E-state index contributed by atoms with van der Waals surface area (Å²) in [5.41, 5.74) is 4.71. The van der Waals surface area contributed by atoms with Gasteiger partial charge in [0.1, 0.15) is 11.6 Å². The van der Waals surface area contributed by atoms with E-state index in [0.717, 1.165) is 26.9 Å². The smallest absolute Gasteiger partial charge is 0.301 e. The molecule has 4 aromatic rings. The van der Waals surface area contributed by atoms with E-state index in [1.165, 1.54) is 40.5 Å². The van der Waals surface area contributed by atoms with Crippen LogP contribution in [-0.2, 0) is 15.0 Å². The molecular formula is C30H27FN2O3S. The Bertz CT molecular complexity index is 1580. The van der Waals surface area contributed by atoms with Crippen molar-refractivity contribution in [1.29, 1.82) is 0 Å². The molecule has 188 valence electrons. The number of aliphatic hydroxyl groups excluding tert-OH is 1. The van der Waals surface area contributed by atoms with Crippen molar-refractivity contribution in [3.63, 3.8) is 0 Å². The summed E-state index contributed by atoms with van der Waals surface area (Å²) in [5, 5.41) is 11.6. The standard InChI is InChI=1S/C30H27FN2O3S/c1-16-14-17(2)24-22(15-16)37-29(32-24)33-25(18-6-10-20(11-7-18)30(3,4)5)23(27(35)28(33)36)26(34)19-8-12-21(31)13-9-19/h6-15,25,34H,1-5H3/b26-23+. The first-order valence-corrected chi connectivity index (χ1v) is 12.8. The van der Waals surface area contributed by atoms with Gasteiger partial charge < -0.3 is 5.11 Å². The number of aromatic nitrogens is 1. The number of nitrogens with zero attached hydrogens (tertiary/aromatic N) is 2. The monoisotopic (exact) mass is 514 g/mol. The van der Waals surface area contributed by atoms with Crippen LogP contribution in [0.15, 0.2) is 66.2 Å². The molecule has 1 aromatic heterocycles. The second-order valence-electron chi connectivity index (χ2n) is 10.5. The molecule has 0 bridgehead atoms. The molecule has 1 aliphatic heterocycles. The van der Waals surface area contributed by atoms with Crippen molar-refractivity contribution >= 4 is 44.1 Å². The van der Waals surface area contributed by atoms with Crippen LogP contribution in [0.5, 0.6) is 0 Å². The Kier molecular flexibility index (Phi) is 5.99. The predicted octanol–water partition coefficient (Wildman–Crippen LogP) is 6.98. The number of halogens is 1. The number of Topliss-reactive ketones (excluding diaryl/α,β-unsaturated/α-hetero) is 1. The summed E-state index contributed by atoms with van der Waals surface area (Å²) in [6, 6.07) is 16.0. The van der Waals surface area contributed by atoms with E-state index in [-0.39, 0.29) is 22.3 Å². The van der Waals surface area contributed by atoms with Gasteiger partial charge in [-0.15, -0.1) is 0 Å². The number of carbonyl (C=O) groups is 2. The Hall–Kier alpha value is -3.84. The molecule has 1 aliphatic rings. The van der Waals surface area contributed by atoms with Crippen molar-refractivity contribution in [3.8, 4) is 0 Å². The molecule has 1 unspecified atom stereocenters.